The molecular weight excluding hydrogens is 404 g/mol. The van der Waals surface area contributed by atoms with Crippen molar-refractivity contribution in [2.75, 3.05) is 26.2 Å². The lowest BCUT2D eigenvalue weighted by Crippen LogP contribution is -2.52. The summed E-state index contributed by atoms with van der Waals surface area (Å²) in [7, 11) is 0. The molecular formula is C26H35N2O4+. The molecule has 6 rings (SSSR count). The van der Waals surface area contributed by atoms with Crippen LogP contribution in [-0.2, 0) is 19.1 Å². The van der Waals surface area contributed by atoms with Crippen molar-refractivity contribution in [3.8, 4) is 6.07 Å². The molecule has 0 amide bonds. The van der Waals surface area contributed by atoms with Gasteiger partial charge in [0.1, 0.15) is 29.7 Å². The molecule has 5 fully saturated rings. The number of nitrogens with zero attached hydrogens (tertiary/aromatic N) is 2. The van der Waals surface area contributed by atoms with Gasteiger partial charge in [-0.1, -0.05) is 6.08 Å². The number of carbonyl (C=O) groups is 2. The Labute approximate surface area is 190 Å². The predicted molar refractivity (Wildman–Crippen MR) is 116 cm³/mol. The van der Waals surface area contributed by atoms with Crippen LogP contribution in [0.2, 0.25) is 0 Å². The minimum absolute atomic E-state index is 0.104. The van der Waals surface area contributed by atoms with Crippen LogP contribution in [0.1, 0.15) is 65.2 Å². The van der Waals surface area contributed by atoms with E-state index in [1.165, 1.54) is 32.6 Å². The summed E-state index contributed by atoms with van der Waals surface area (Å²) in [5.41, 5.74) is 0.563. The van der Waals surface area contributed by atoms with Gasteiger partial charge in [-0.3, -0.25) is 9.59 Å². The molecule has 1 unspecified atom stereocenters. The lowest BCUT2D eigenvalue weighted by molar-refractivity contribution is -0.905. The summed E-state index contributed by atoms with van der Waals surface area (Å²) in [6.45, 7) is 7.33. The van der Waals surface area contributed by atoms with Gasteiger partial charge in [0.2, 0.25) is 0 Å². The lowest BCUT2D eigenvalue weighted by atomic mass is 9.60. The van der Waals surface area contributed by atoms with E-state index in [1.54, 1.807) is 5.57 Å². The maximum atomic E-state index is 13.2. The number of nitriles is 1. The molecule has 1 spiro atoms. The molecule has 4 bridgehead atoms. The van der Waals surface area contributed by atoms with Gasteiger partial charge in [0, 0.05) is 31.6 Å². The molecule has 2 aliphatic heterocycles. The van der Waals surface area contributed by atoms with Crippen molar-refractivity contribution in [2.24, 2.45) is 28.6 Å². The average Bonchev–Trinajstić information content (AvgIpc) is 3.41. The van der Waals surface area contributed by atoms with Crippen molar-refractivity contribution in [2.45, 2.75) is 76.9 Å². The van der Waals surface area contributed by atoms with E-state index >= 15 is 0 Å². The Morgan fingerprint density at radius 1 is 1.25 bits per heavy atom. The Kier molecular flexibility index (Phi) is 4.27. The highest BCUT2D eigenvalue weighted by molar-refractivity contribution is 5.82. The molecule has 0 aromatic rings. The van der Waals surface area contributed by atoms with Crippen LogP contribution in [0.15, 0.2) is 11.6 Å². The van der Waals surface area contributed by atoms with Gasteiger partial charge in [-0.2, -0.15) is 5.26 Å². The number of allylic oxidation sites excluding steroid dienone is 1. The van der Waals surface area contributed by atoms with Crippen LogP contribution in [0.4, 0.5) is 0 Å². The Bertz CT molecular complexity index is 946. The molecule has 3 saturated carbocycles. The zero-order valence-corrected chi connectivity index (χ0v) is 19.4. The van der Waals surface area contributed by atoms with Crippen LogP contribution in [0.25, 0.3) is 0 Å². The fourth-order valence-corrected chi connectivity index (χ4v) is 9.30. The summed E-state index contributed by atoms with van der Waals surface area (Å²) in [4.78, 5) is 25.0. The van der Waals surface area contributed by atoms with Crippen molar-refractivity contribution < 1.29 is 23.5 Å². The molecule has 2 saturated heterocycles. The highest BCUT2D eigenvalue weighted by Crippen LogP contribution is 2.74. The fraction of sp³-hybridized carbons (Fsp3) is 0.808. The summed E-state index contributed by atoms with van der Waals surface area (Å²) in [6, 6.07) is 2.47. The van der Waals surface area contributed by atoms with E-state index in [4.69, 9.17) is 9.47 Å². The van der Waals surface area contributed by atoms with Crippen LogP contribution < -0.4 is 0 Å². The van der Waals surface area contributed by atoms with Crippen LogP contribution in [0.3, 0.4) is 0 Å². The largest absolute Gasteiger partial charge is 0.461 e. The van der Waals surface area contributed by atoms with Gasteiger partial charge < -0.3 is 14.0 Å². The first-order chi connectivity index (χ1) is 15.3. The molecule has 0 aromatic heterocycles. The Morgan fingerprint density at radius 2 is 2.03 bits per heavy atom. The second-order valence-electron chi connectivity index (χ2n) is 12.0. The van der Waals surface area contributed by atoms with Crippen molar-refractivity contribution in [3.05, 3.63) is 11.6 Å². The van der Waals surface area contributed by atoms with Crippen molar-refractivity contribution >= 4 is 11.9 Å². The van der Waals surface area contributed by atoms with E-state index in [0.717, 1.165) is 43.4 Å². The summed E-state index contributed by atoms with van der Waals surface area (Å²) in [5.74, 6) is 0.649. The van der Waals surface area contributed by atoms with Gasteiger partial charge in [-0.05, 0) is 62.4 Å². The first-order valence-corrected chi connectivity index (χ1v) is 12.6. The van der Waals surface area contributed by atoms with Crippen LogP contribution in [-0.4, -0.2) is 54.3 Å². The van der Waals surface area contributed by atoms with E-state index in [9.17, 15) is 14.9 Å². The second kappa shape index (κ2) is 6.59. The van der Waals surface area contributed by atoms with Crippen LogP contribution >= 0.6 is 0 Å². The molecule has 0 aromatic carbocycles. The summed E-state index contributed by atoms with van der Waals surface area (Å²) < 4.78 is 13.0. The molecule has 6 nitrogen and oxygen atoms in total. The topological polar surface area (TPSA) is 76.4 Å². The molecule has 2 heterocycles. The summed E-state index contributed by atoms with van der Waals surface area (Å²) >= 11 is 0. The zero-order valence-electron chi connectivity index (χ0n) is 19.4. The molecule has 7 atom stereocenters. The van der Waals surface area contributed by atoms with E-state index in [0.29, 0.717) is 24.8 Å². The quantitative estimate of drug-likeness (QED) is 0.290. The number of quaternary nitrogens is 1. The third-order valence-corrected chi connectivity index (χ3v) is 10.5. The molecule has 0 radical (unpaired) electrons. The Morgan fingerprint density at radius 3 is 2.75 bits per heavy atom. The predicted octanol–water partition coefficient (Wildman–Crippen LogP) is 3.51. The minimum Gasteiger partial charge on any atom is -0.461 e. The number of fused-ring (bicyclic) bond motifs is 1. The number of hydrogen-bond acceptors (Lipinski definition) is 5. The molecule has 6 aliphatic rings. The maximum absolute atomic E-state index is 13.2. The molecule has 32 heavy (non-hydrogen) atoms. The molecule has 4 aliphatic carbocycles. The summed E-state index contributed by atoms with van der Waals surface area (Å²) in [5, 5.41) is 9.48. The van der Waals surface area contributed by atoms with E-state index in [1.807, 2.05) is 6.92 Å². The van der Waals surface area contributed by atoms with Gasteiger partial charge in [0.25, 0.3) is 0 Å². The third-order valence-electron chi connectivity index (χ3n) is 10.5. The number of likely N-dealkylation sites (tertiary alicyclic amines) is 1. The zero-order chi connectivity index (χ0) is 22.4. The number of hydrogen-bond donors (Lipinski definition) is 0. The van der Waals surface area contributed by atoms with E-state index in [2.05, 4.69) is 12.1 Å². The van der Waals surface area contributed by atoms with Gasteiger partial charge in [-0.25, -0.2) is 0 Å². The van der Waals surface area contributed by atoms with Gasteiger partial charge in [0.15, 0.2) is 6.54 Å². The van der Waals surface area contributed by atoms with E-state index < -0.39 is 5.41 Å². The molecule has 172 valence electrons. The monoisotopic (exact) mass is 439 g/mol. The number of esters is 2. The Balaban J connectivity index is 1.35. The number of rotatable bonds is 4. The normalized spacial score (nSPS) is 47.3. The number of carbonyl (C=O) groups excluding carboxylic acids is 2. The second-order valence-corrected chi connectivity index (χ2v) is 12.0. The summed E-state index contributed by atoms with van der Waals surface area (Å²) in [6.07, 6.45) is 10.6. The maximum Gasteiger partial charge on any atom is 0.316 e. The molecule has 0 N–H and O–H groups in total. The van der Waals surface area contributed by atoms with Crippen molar-refractivity contribution in [3.63, 3.8) is 0 Å². The minimum atomic E-state index is -0.731. The first kappa shape index (κ1) is 20.7. The highest BCUT2D eigenvalue weighted by Gasteiger charge is 2.78. The smallest absolute Gasteiger partial charge is 0.316 e. The fourth-order valence-electron chi connectivity index (χ4n) is 9.30. The van der Waals surface area contributed by atoms with Crippen molar-refractivity contribution in [1.29, 1.82) is 5.26 Å². The van der Waals surface area contributed by atoms with E-state index in [-0.39, 0.29) is 35.0 Å². The number of ether oxygens (including phenoxy) is 2. The SMILES string of the molecule is CC(=O)O[C@H]1CC[C@]23OC(=O)C1(C)[C@H]2C[C@]12C=C(C[N+]4(CC#N)CCCC4)[C@H](CC[C@H]13)C2. The Hall–Kier alpha value is -1.87. The molecule has 6 heteroatoms. The van der Waals surface area contributed by atoms with Crippen LogP contribution in [0.5, 0.6) is 0 Å². The van der Waals surface area contributed by atoms with Gasteiger partial charge in [-0.15, -0.1) is 0 Å². The first-order valence-electron chi connectivity index (χ1n) is 12.6. The third kappa shape index (κ3) is 2.49. The average molecular weight is 440 g/mol. The lowest BCUT2D eigenvalue weighted by Gasteiger charge is -2.45. The van der Waals surface area contributed by atoms with Gasteiger partial charge in [0.05, 0.1) is 13.1 Å². The van der Waals surface area contributed by atoms with Crippen molar-refractivity contribution in [1.82, 2.24) is 0 Å². The van der Waals surface area contributed by atoms with Gasteiger partial charge >= 0.3 is 11.9 Å². The van der Waals surface area contributed by atoms with Crippen LogP contribution in [0, 0.1) is 39.9 Å². The standard InChI is InChI=1S/C26H35N2O4/c1-17(29)31-22-7-8-26-20-6-5-18-13-25(20,15-21(26)24(22,2)23(30)32-26)14-19(18)16-28(12-9-27)10-3-4-11-28/h14,18,20-22H,3-8,10-13,15-16H2,1-2H3/q+1/t18-,20-,21-,22+,24?,25+,26-/m1/s1. The highest BCUT2D eigenvalue weighted by atomic mass is 16.6.